The summed E-state index contributed by atoms with van der Waals surface area (Å²) in [6.07, 6.45) is 1.26. The van der Waals surface area contributed by atoms with Crippen LogP contribution in [0.25, 0.3) is 0 Å². The Hall–Kier alpha value is -1.62. The molecule has 1 fully saturated rings. The van der Waals surface area contributed by atoms with Crippen molar-refractivity contribution in [3.63, 3.8) is 0 Å². The standard InChI is InChI=1S/C10H11N3O2/c14-10-8(6-4-11-5-6)15-7-2-1-3-12-9(7)13-10/h1-3,6,8,11H,4-5H2,(H,12,13,14). The Kier molecular flexibility index (Phi) is 1.85. The average molecular weight is 205 g/mol. The van der Waals surface area contributed by atoms with Gasteiger partial charge in [-0.05, 0) is 12.1 Å². The molecule has 1 aromatic rings. The third-order valence-corrected chi connectivity index (χ3v) is 2.77. The van der Waals surface area contributed by atoms with Crippen LogP contribution in [0.5, 0.6) is 5.75 Å². The van der Waals surface area contributed by atoms with Gasteiger partial charge in [0.1, 0.15) is 0 Å². The van der Waals surface area contributed by atoms with Gasteiger partial charge in [-0.1, -0.05) is 0 Å². The molecule has 0 radical (unpaired) electrons. The second-order valence-corrected chi connectivity index (χ2v) is 3.80. The van der Waals surface area contributed by atoms with Crippen LogP contribution in [0.1, 0.15) is 0 Å². The number of nitrogens with zero attached hydrogens (tertiary/aromatic N) is 1. The normalized spacial score (nSPS) is 24.8. The van der Waals surface area contributed by atoms with Gasteiger partial charge in [0, 0.05) is 25.2 Å². The molecule has 0 spiro atoms. The molecule has 0 aliphatic carbocycles. The molecular weight excluding hydrogens is 194 g/mol. The zero-order chi connectivity index (χ0) is 10.3. The van der Waals surface area contributed by atoms with E-state index in [4.69, 9.17) is 4.74 Å². The lowest BCUT2D eigenvalue weighted by Crippen LogP contribution is -2.55. The Balaban J connectivity index is 1.88. The second-order valence-electron chi connectivity index (χ2n) is 3.80. The fourth-order valence-electron chi connectivity index (χ4n) is 1.79. The number of rotatable bonds is 1. The first-order chi connectivity index (χ1) is 7.34. The van der Waals surface area contributed by atoms with E-state index in [0.29, 0.717) is 11.6 Å². The summed E-state index contributed by atoms with van der Waals surface area (Å²) < 4.78 is 5.63. The number of fused-ring (bicyclic) bond motifs is 1. The number of nitrogens with one attached hydrogen (secondary N) is 2. The van der Waals surface area contributed by atoms with Gasteiger partial charge in [-0.25, -0.2) is 4.98 Å². The van der Waals surface area contributed by atoms with Crippen LogP contribution in [0.15, 0.2) is 18.3 Å². The number of pyridine rings is 1. The van der Waals surface area contributed by atoms with Gasteiger partial charge >= 0.3 is 0 Å². The molecule has 2 aliphatic heterocycles. The molecular formula is C10H11N3O2. The molecule has 3 rings (SSSR count). The first-order valence-corrected chi connectivity index (χ1v) is 4.98. The lowest BCUT2D eigenvalue weighted by atomic mass is 9.95. The number of carbonyl (C=O) groups excluding carboxylic acids is 1. The van der Waals surface area contributed by atoms with Crippen LogP contribution in [0.3, 0.4) is 0 Å². The molecule has 1 unspecified atom stereocenters. The predicted octanol–water partition coefficient (Wildman–Crippen LogP) is 0.000500. The maximum atomic E-state index is 11.7. The Morgan fingerprint density at radius 2 is 2.33 bits per heavy atom. The van der Waals surface area contributed by atoms with E-state index in [1.807, 2.05) is 6.07 Å². The zero-order valence-electron chi connectivity index (χ0n) is 8.06. The van der Waals surface area contributed by atoms with Crippen molar-refractivity contribution in [2.75, 3.05) is 18.4 Å². The largest absolute Gasteiger partial charge is 0.476 e. The lowest BCUT2D eigenvalue weighted by molar-refractivity contribution is -0.126. The molecule has 0 aromatic carbocycles. The van der Waals surface area contributed by atoms with Gasteiger partial charge in [0.25, 0.3) is 5.91 Å². The van der Waals surface area contributed by atoms with Crippen LogP contribution in [0, 0.1) is 5.92 Å². The minimum Gasteiger partial charge on any atom is -0.476 e. The first kappa shape index (κ1) is 8.67. The highest BCUT2D eigenvalue weighted by Crippen LogP contribution is 2.29. The monoisotopic (exact) mass is 205 g/mol. The van der Waals surface area contributed by atoms with Gasteiger partial charge in [0.05, 0.1) is 0 Å². The fourth-order valence-corrected chi connectivity index (χ4v) is 1.79. The predicted molar refractivity (Wildman–Crippen MR) is 53.6 cm³/mol. The maximum absolute atomic E-state index is 11.7. The van der Waals surface area contributed by atoms with Gasteiger partial charge < -0.3 is 15.4 Å². The molecule has 3 heterocycles. The molecule has 1 amide bonds. The number of amides is 1. The molecule has 78 valence electrons. The molecule has 0 saturated carbocycles. The van der Waals surface area contributed by atoms with Crippen molar-refractivity contribution in [3.05, 3.63) is 18.3 Å². The second kappa shape index (κ2) is 3.20. The maximum Gasteiger partial charge on any atom is 0.267 e. The first-order valence-electron chi connectivity index (χ1n) is 4.98. The smallest absolute Gasteiger partial charge is 0.267 e. The van der Waals surface area contributed by atoms with Crippen LogP contribution in [-0.2, 0) is 4.79 Å². The third-order valence-electron chi connectivity index (χ3n) is 2.77. The number of ether oxygens (including phenoxy) is 1. The number of anilines is 1. The molecule has 15 heavy (non-hydrogen) atoms. The molecule has 2 aliphatic rings. The number of hydrogen-bond donors (Lipinski definition) is 2. The zero-order valence-corrected chi connectivity index (χ0v) is 8.06. The topological polar surface area (TPSA) is 63.2 Å². The van der Waals surface area contributed by atoms with Crippen LogP contribution in [0.4, 0.5) is 5.82 Å². The summed E-state index contributed by atoms with van der Waals surface area (Å²) in [5.74, 6) is 1.37. The molecule has 5 nitrogen and oxygen atoms in total. The van der Waals surface area contributed by atoms with Gasteiger partial charge in [0.15, 0.2) is 17.7 Å². The van der Waals surface area contributed by atoms with Crippen molar-refractivity contribution in [2.45, 2.75) is 6.10 Å². The molecule has 0 bridgehead atoms. The molecule has 1 atom stereocenters. The summed E-state index contributed by atoms with van der Waals surface area (Å²) in [4.78, 5) is 15.7. The highest BCUT2D eigenvalue weighted by atomic mass is 16.5. The Bertz CT molecular complexity index is 403. The van der Waals surface area contributed by atoms with Crippen molar-refractivity contribution in [1.82, 2.24) is 10.3 Å². The minimum absolute atomic E-state index is 0.0901. The van der Waals surface area contributed by atoms with Crippen molar-refractivity contribution in [2.24, 2.45) is 5.92 Å². The average Bonchev–Trinajstić information content (AvgIpc) is 2.16. The third kappa shape index (κ3) is 1.35. The van der Waals surface area contributed by atoms with Crippen molar-refractivity contribution >= 4 is 11.7 Å². The Morgan fingerprint density at radius 1 is 1.47 bits per heavy atom. The van der Waals surface area contributed by atoms with Crippen LogP contribution in [-0.4, -0.2) is 30.1 Å². The van der Waals surface area contributed by atoms with E-state index in [9.17, 15) is 4.79 Å². The summed E-state index contributed by atoms with van der Waals surface area (Å²) >= 11 is 0. The van der Waals surface area contributed by atoms with E-state index in [1.54, 1.807) is 12.3 Å². The lowest BCUT2D eigenvalue weighted by Gasteiger charge is -2.36. The highest BCUT2D eigenvalue weighted by molar-refractivity contribution is 5.96. The summed E-state index contributed by atoms with van der Waals surface area (Å²) in [6, 6.07) is 3.62. The quantitative estimate of drug-likeness (QED) is 0.677. The van der Waals surface area contributed by atoms with Crippen LogP contribution < -0.4 is 15.4 Å². The van der Waals surface area contributed by atoms with Crippen molar-refractivity contribution in [3.8, 4) is 5.75 Å². The van der Waals surface area contributed by atoms with E-state index in [0.717, 1.165) is 13.1 Å². The SMILES string of the molecule is O=C1Nc2ncccc2OC1C1CNC1. The Morgan fingerprint density at radius 3 is 3.07 bits per heavy atom. The van der Waals surface area contributed by atoms with E-state index in [1.165, 1.54) is 0 Å². The molecule has 1 aromatic heterocycles. The number of carbonyl (C=O) groups is 1. The summed E-state index contributed by atoms with van der Waals surface area (Å²) in [7, 11) is 0. The summed E-state index contributed by atoms with van der Waals surface area (Å²) in [5.41, 5.74) is 0. The van der Waals surface area contributed by atoms with Crippen molar-refractivity contribution < 1.29 is 9.53 Å². The highest BCUT2D eigenvalue weighted by Gasteiger charge is 2.37. The van der Waals surface area contributed by atoms with E-state index < -0.39 is 0 Å². The van der Waals surface area contributed by atoms with E-state index >= 15 is 0 Å². The van der Waals surface area contributed by atoms with E-state index in [2.05, 4.69) is 15.6 Å². The van der Waals surface area contributed by atoms with Gasteiger partial charge in [0.2, 0.25) is 0 Å². The van der Waals surface area contributed by atoms with Gasteiger partial charge in [-0.15, -0.1) is 0 Å². The minimum atomic E-state index is -0.372. The number of aromatic nitrogens is 1. The molecule has 2 N–H and O–H groups in total. The molecule has 5 heteroatoms. The number of hydrogen-bond acceptors (Lipinski definition) is 4. The van der Waals surface area contributed by atoms with Crippen LogP contribution >= 0.6 is 0 Å². The summed E-state index contributed by atoms with van der Waals surface area (Å²) in [5, 5.41) is 5.88. The van der Waals surface area contributed by atoms with Gasteiger partial charge in [-0.3, -0.25) is 4.79 Å². The van der Waals surface area contributed by atoms with Gasteiger partial charge in [-0.2, -0.15) is 0 Å². The fraction of sp³-hybridized carbons (Fsp3) is 0.400. The molecule has 1 saturated heterocycles. The van der Waals surface area contributed by atoms with E-state index in [-0.39, 0.29) is 17.9 Å². The van der Waals surface area contributed by atoms with Crippen LogP contribution in [0.2, 0.25) is 0 Å². The van der Waals surface area contributed by atoms with Crippen molar-refractivity contribution in [1.29, 1.82) is 0 Å². The Labute approximate surface area is 86.8 Å². The summed E-state index contributed by atoms with van der Waals surface area (Å²) in [6.45, 7) is 1.68.